The van der Waals surface area contributed by atoms with Crippen molar-refractivity contribution in [2.45, 2.75) is 52.7 Å². The number of fused-ring (bicyclic) bond motifs is 2. The average molecular weight is 472 g/mol. The Labute approximate surface area is 197 Å². The van der Waals surface area contributed by atoms with Crippen molar-refractivity contribution in [3.8, 4) is 0 Å². The molecular weight excluding hydrogens is 442 g/mol. The highest BCUT2D eigenvalue weighted by Gasteiger charge is 2.56. The van der Waals surface area contributed by atoms with Gasteiger partial charge in [0.25, 0.3) is 5.56 Å². The molecule has 176 valence electrons. The first-order chi connectivity index (χ1) is 15.6. The van der Waals surface area contributed by atoms with Gasteiger partial charge in [0.15, 0.2) is 0 Å². The van der Waals surface area contributed by atoms with E-state index in [-0.39, 0.29) is 24.2 Å². The van der Waals surface area contributed by atoms with Crippen LogP contribution >= 0.6 is 11.6 Å². The van der Waals surface area contributed by atoms with Crippen molar-refractivity contribution >= 4 is 29.1 Å². The van der Waals surface area contributed by atoms with Crippen molar-refractivity contribution in [2.24, 2.45) is 28.9 Å². The number of hydrogen-bond donors (Lipinski definition) is 3. The molecule has 2 bridgehead atoms. The van der Waals surface area contributed by atoms with E-state index in [4.69, 9.17) is 17.3 Å². The van der Waals surface area contributed by atoms with E-state index in [9.17, 15) is 14.4 Å². The van der Waals surface area contributed by atoms with Crippen LogP contribution in [0.5, 0.6) is 0 Å². The second-order valence-corrected chi connectivity index (χ2v) is 10.3. The van der Waals surface area contributed by atoms with Crippen LogP contribution in [-0.2, 0) is 17.9 Å². The molecule has 0 radical (unpaired) electrons. The van der Waals surface area contributed by atoms with Gasteiger partial charge < -0.3 is 16.4 Å². The lowest BCUT2D eigenvalue weighted by Crippen LogP contribution is -2.58. The number of nitrogens with two attached hydrogens (primary N) is 1. The van der Waals surface area contributed by atoms with Gasteiger partial charge in [-0.2, -0.15) is 5.10 Å². The Morgan fingerprint density at radius 3 is 2.73 bits per heavy atom. The Morgan fingerprint density at radius 1 is 1.30 bits per heavy atom. The molecule has 33 heavy (non-hydrogen) atoms. The van der Waals surface area contributed by atoms with Crippen molar-refractivity contribution in [2.75, 3.05) is 5.32 Å². The van der Waals surface area contributed by atoms with Crippen LogP contribution < -0.4 is 21.9 Å². The van der Waals surface area contributed by atoms with Crippen LogP contribution in [0, 0.1) is 23.2 Å². The number of halogens is 1. The van der Waals surface area contributed by atoms with Crippen molar-refractivity contribution in [3.05, 3.63) is 57.0 Å². The van der Waals surface area contributed by atoms with Gasteiger partial charge in [-0.3, -0.25) is 14.4 Å². The first kappa shape index (κ1) is 23.3. The number of anilines is 1. The molecule has 3 aliphatic carbocycles. The standard InChI is InChI=1S/C24H30ClN5O3/c1-13-17-8-16(24(17,2)3)9-18(13)29-19-11-28-30(23(33)21(19)25)12-20(31)27-10-14-5-4-6-15(7-14)22(26)32/h4-7,11,13,16-18,29H,8-10,12H2,1-3H3,(H2,26,32)(H,27,31)/t13-,16+,17+,18+/m0/s1. The van der Waals surface area contributed by atoms with E-state index in [1.807, 2.05) is 0 Å². The van der Waals surface area contributed by atoms with Crippen molar-refractivity contribution in [1.82, 2.24) is 15.1 Å². The summed E-state index contributed by atoms with van der Waals surface area (Å²) in [5, 5.41) is 10.3. The monoisotopic (exact) mass is 471 g/mol. The predicted octanol–water partition coefficient (Wildman–Crippen LogP) is 2.79. The highest BCUT2D eigenvalue weighted by molar-refractivity contribution is 6.32. The zero-order valence-electron chi connectivity index (χ0n) is 19.1. The zero-order valence-corrected chi connectivity index (χ0v) is 19.9. The molecule has 3 fully saturated rings. The molecule has 4 atom stereocenters. The Morgan fingerprint density at radius 2 is 2.06 bits per heavy atom. The molecule has 9 heteroatoms. The van der Waals surface area contributed by atoms with E-state index >= 15 is 0 Å². The minimum atomic E-state index is -0.536. The van der Waals surface area contributed by atoms with Gasteiger partial charge in [0.2, 0.25) is 11.8 Å². The number of benzene rings is 1. The molecule has 1 aromatic carbocycles. The molecule has 5 rings (SSSR count). The van der Waals surface area contributed by atoms with Crippen molar-refractivity contribution < 1.29 is 9.59 Å². The number of carbonyl (C=O) groups is 2. The molecule has 0 aliphatic heterocycles. The SMILES string of the molecule is C[C@H]1[C@H]2C[C@H](C[C@H]1Nc1cnn(CC(=O)NCc3cccc(C(N)=O)c3)c(=O)c1Cl)C2(C)C. The number of primary amides is 1. The van der Waals surface area contributed by atoms with Gasteiger partial charge in [0, 0.05) is 18.2 Å². The van der Waals surface area contributed by atoms with Crippen LogP contribution in [0.15, 0.2) is 35.3 Å². The molecule has 2 aromatic rings. The summed E-state index contributed by atoms with van der Waals surface area (Å²) in [4.78, 5) is 36.4. The van der Waals surface area contributed by atoms with Gasteiger partial charge >= 0.3 is 0 Å². The van der Waals surface area contributed by atoms with E-state index in [1.165, 1.54) is 12.6 Å². The molecule has 1 heterocycles. The Balaban J connectivity index is 1.37. The quantitative estimate of drug-likeness (QED) is 0.573. The minimum Gasteiger partial charge on any atom is -0.379 e. The average Bonchev–Trinajstić information content (AvgIpc) is 2.78. The molecule has 3 saturated carbocycles. The van der Waals surface area contributed by atoms with E-state index in [0.29, 0.717) is 34.4 Å². The zero-order chi connectivity index (χ0) is 23.9. The lowest BCUT2D eigenvalue weighted by molar-refractivity contribution is -0.122. The fourth-order valence-electron chi connectivity index (χ4n) is 5.45. The van der Waals surface area contributed by atoms with Crippen LogP contribution in [0.4, 0.5) is 5.69 Å². The maximum Gasteiger partial charge on any atom is 0.288 e. The molecule has 1 aromatic heterocycles. The normalized spacial score (nSPS) is 25.1. The third-order valence-corrected chi connectivity index (χ3v) is 8.04. The smallest absolute Gasteiger partial charge is 0.288 e. The van der Waals surface area contributed by atoms with E-state index in [0.717, 1.165) is 16.7 Å². The number of nitrogens with zero attached hydrogens (tertiary/aromatic N) is 2. The summed E-state index contributed by atoms with van der Waals surface area (Å²) >= 11 is 6.36. The number of hydrogen-bond acceptors (Lipinski definition) is 5. The van der Waals surface area contributed by atoms with Crippen molar-refractivity contribution in [3.63, 3.8) is 0 Å². The Kier molecular flexibility index (Phi) is 6.22. The van der Waals surface area contributed by atoms with Crippen LogP contribution in [0.25, 0.3) is 0 Å². The van der Waals surface area contributed by atoms with Crippen LogP contribution in [0.3, 0.4) is 0 Å². The van der Waals surface area contributed by atoms with Gasteiger partial charge in [0.1, 0.15) is 11.6 Å². The van der Waals surface area contributed by atoms with Crippen molar-refractivity contribution in [1.29, 1.82) is 0 Å². The first-order valence-electron chi connectivity index (χ1n) is 11.3. The predicted molar refractivity (Wildman–Crippen MR) is 127 cm³/mol. The third kappa shape index (κ3) is 4.49. The molecule has 8 nitrogen and oxygen atoms in total. The van der Waals surface area contributed by atoms with Gasteiger partial charge in [0.05, 0.1) is 11.9 Å². The molecule has 0 saturated heterocycles. The maximum absolute atomic E-state index is 12.7. The molecule has 4 N–H and O–H groups in total. The number of carbonyl (C=O) groups excluding carboxylic acids is 2. The second kappa shape index (κ2) is 8.82. The Hall–Kier alpha value is -2.87. The summed E-state index contributed by atoms with van der Waals surface area (Å²) < 4.78 is 1.05. The number of aromatic nitrogens is 2. The molecule has 2 amide bonds. The fourth-order valence-corrected chi connectivity index (χ4v) is 5.65. The number of amides is 2. The molecule has 0 unspecified atom stereocenters. The third-order valence-electron chi connectivity index (χ3n) is 7.67. The largest absolute Gasteiger partial charge is 0.379 e. The van der Waals surface area contributed by atoms with Crippen LogP contribution in [-0.4, -0.2) is 27.6 Å². The lowest BCUT2D eigenvalue weighted by Gasteiger charge is -2.62. The summed E-state index contributed by atoms with van der Waals surface area (Å²) in [6.07, 6.45) is 3.83. The number of rotatable bonds is 7. The summed E-state index contributed by atoms with van der Waals surface area (Å²) in [6, 6.07) is 6.92. The van der Waals surface area contributed by atoms with E-state index in [1.54, 1.807) is 24.3 Å². The number of nitrogens with one attached hydrogen (secondary N) is 2. The summed E-state index contributed by atoms with van der Waals surface area (Å²) in [5.74, 6) is 0.880. The van der Waals surface area contributed by atoms with Gasteiger partial charge in [-0.25, -0.2) is 4.68 Å². The van der Waals surface area contributed by atoms with Crippen LogP contribution in [0.2, 0.25) is 5.02 Å². The van der Waals surface area contributed by atoms with Crippen LogP contribution in [0.1, 0.15) is 49.5 Å². The summed E-state index contributed by atoms with van der Waals surface area (Å²) in [6.45, 7) is 6.87. The second-order valence-electron chi connectivity index (χ2n) is 9.88. The van der Waals surface area contributed by atoms with Gasteiger partial charge in [-0.15, -0.1) is 0 Å². The highest BCUT2D eigenvalue weighted by atomic mass is 35.5. The van der Waals surface area contributed by atoms with Gasteiger partial charge in [-0.1, -0.05) is 44.5 Å². The lowest BCUT2D eigenvalue weighted by atomic mass is 9.45. The Bertz CT molecular complexity index is 1150. The van der Waals surface area contributed by atoms with E-state index < -0.39 is 17.4 Å². The maximum atomic E-state index is 12.7. The first-order valence-corrected chi connectivity index (χ1v) is 11.6. The summed E-state index contributed by atoms with van der Waals surface area (Å²) in [5.41, 5.74) is 6.74. The fraction of sp³-hybridized carbons (Fsp3) is 0.500. The molecule has 3 aliphatic rings. The van der Waals surface area contributed by atoms with E-state index in [2.05, 4.69) is 36.5 Å². The highest BCUT2D eigenvalue weighted by Crippen LogP contribution is 2.61. The molecule has 0 spiro atoms. The molecular formula is C24H30ClN5O3. The van der Waals surface area contributed by atoms with Gasteiger partial charge in [-0.05, 0) is 53.7 Å². The topological polar surface area (TPSA) is 119 Å². The summed E-state index contributed by atoms with van der Waals surface area (Å²) in [7, 11) is 0. The minimum absolute atomic E-state index is 0.0395.